The maximum absolute atomic E-state index is 3.58. The summed E-state index contributed by atoms with van der Waals surface area (Å²) in [5.41, 5.74) is 1.55. The summed E-state index contributed by atoms with van der Waals surface area (Å²) in [5, 5.41) is 6.97. The summed E-state index contributed by atoms with van der Waals surface area (Å²) < 4.78 is 2.46. The molecule has 0 amide bonds. The zero-order valence-corrected chi connectivity index (χ0v) is 15.1. The van der Waals surface area contributed by atoms with Crippen LogP contribution < -0.4 is 10.6 Å². The highest BCUT2D eigenvalue weighted by molar-refractivity contribution is 14.1. The Hall–Kier alpha value is 0.350. The Morgan fingerprint density at radius 2 is 1.94 bits per heavy atom. The molecule has 0 atom stereocenters. The second-order valence-corrected chi connectivity index (χ2v) is 7.54. The predicted molar refractivity (Wildman–Crippen MR) is 90.9 cm³/mol. The van der Waals surface area contributed by atoms with Gasteiger partial charge in [0.2, 0.25) is 0 Å². The molecule has 0 aliphatic rings. The van der Waals surface area contributed by atoms with E-state index in [0.717, 1.165) is 26.1 Å². The average molecular weight is 425 g/mol. The first-order chi connectivity index (χ1) is 8.38. The van der Waals surface area contributed by atoms with Crippen molar-refractivity contribution in [2.75, 3.05) is 13.1 Å². The molecule has 0 unspecified atom stereocenters. The minimum Gasteiger partial charge on any atom is -0.313 e. The lowest BCUT2D eigenvalue weighted by atomic mass is 10.1. The van der Waals surface area contributed by atoms with E-state index in [1.807, 2.05) is 0 Å². The average Bonchev–Trinajstić information content (AvgIpc) is 2.26. The summed E-state index contributed by atoms with van der Waals surface area (Å²) in [6.07, 6.45) is 1.15. The number of hydrogen-bond acceptors (Lipinski definition) is 2. The van der Waals surface area contributed by atoms with E-state index in [2.05, 4.69) is 88.1 Å². The van der Waals surface area contributed by atoms with Crippen LogP contribution in [0.4, 0.5) is 0 Å². The Balaban J connectivity index is 2.20. The predicted octanol–water partition coefficient (Wildman–Crippen LogP) is 3.92. The van der Waals surface area contributed by atoms with Crippen molar-refractivity contribution >= 4 is 38.5 Å². The van der Waals surface area contributed by atoms with Crippen molar-refractivity contribution in [2.24, 2.45) is 0 Å². The van der Waals surface area contributed by atoms with E-state index in [1.165, 1.54) is 13.6 Å². The quantitative estimate of drug-likeness (QED) is 0.534. The van der Waals surface area contributed by atoms with Gasteiger partial charge in [-0.25, -0.2) is 0 Å². The second-order valence-electron chi connectivity index (χ2n) is 5.44. The Labute approximate surface area is 133 Å². The summed E-state index contributed by atoms with van der Waals surface area (Å²) in [4.78, 5) is 0. The van der Waals surface area contributed by atoms with Crippen LogP contribution in [0.5, 0.6) is 0 Å². The molecule has 2 nitrogen and oxygen atoms in total. The molecule has 0 aromatic heterocycles. The van der Waals surface area contributed by atoms with Gasteiger partial charge in [-0.2, -0.15) is 0 Å². The van der Waals surface area contributed by atoms with E-state index >= 15 is 0 Å². The van der Waals surface area contributed by atoms with Crippen LogP contribution in [0, 0.1) is 3.57 Å². The Morgan fingerprint density at radius 1 is 1.22 bits per heavy atom. The van der Waals surface area contributed by atoms with Crippen LogP contribution in [-0.2, 0) is 6.54 Å². The van der Waals surface area contributed by atoms with Crippen molar-refractivity contribution < 1.29 is 0 Å². The third-order valence-electron chi connectivity index (χ3n) is 2.51. The zero-order chi connectivity index (χ0) is 13.6. The Morgan fingerprint density at radius 3 is 2.61 bits per heavy atom. The smallest absolute Gasteiger partial charge is 0.0220 e. The molecule has 4 heteroatoms. The lowest BCUT2D eigenvalue weighted by molar-refractivity contribution is 0.418. The lowest BCUT2D eigenvalue weighted by Gasteiger charge is -2.20. The molecule has 0 aliphatic carbocycles. The van der Waals surface area contributed by atoms with Crippen LogP contribution >= 0.6 is 38.5 Å². The number of hydrogen-bond donors (Lipinski definition) is 2. The highest BCUT2D eigenvalue weighted by Gasteiger charge is 2.07. The SMILES string of the molecule is CC(C)(C)NCCCNCc1cc(I)ccc1Br. The summed E-state index contributed by atoms with van der Waals surface area (Å²) in [5.74, 6) is 0. The van der Waals surface area contributed by atoms with Gasteiger partial charge in [0.15, 0.2) is 0 Å². The third kappa shape index (κ3) is 7.07. The van der Waals surface area contributed by atoms with Gasteiger partial charge in [-0.1, -0.05) is 15.9 Å². The molecule has 0 heterocycles. The summed E-state index contributed by atoms with van der Waals surface area (Å²) >= 11 is 5.93. The second kappa shape index (κ2) is 7.82. The minimum absolute atomic E-state index is 0.221. The maximum atomic E-state index is 3.58. The topological polar surface area (TPSA) is 24.1 Å². The Bertz CT molecular complexity index is 375. The summed E-state index contributed by atoms with van der Waals surface area (Å²) in [6, 6.07) is 6.44. The van der Waals surface area contributed by atoms with Crippen LogP contribution in [-0.4, -0.2) is 18.6 Å². The molecule has 0 radical (unpaired) electrons. The first-order valence-electron chi connectivity index (χ1n) is 6.28. The fourth-order valence-corrected chi connectivity index (χ4v) is 2.52. The van der Waals surface area contributed by atoms with Crippen LogP contribution in [0.2, 0.25) is 0 Å². The molecule has 102 valence electrons. The molecule has 0 saturated carbocycles. The van der Waals surface area contributed by atoms with E-state index in [-0.39, 0.29) is 5.54 Å². The van der Waals surface area contributed by atoms with Crippen LogP contribution in [0.1, 0.15) is 32.8 Å². The van der Waals surface area contributed by atoms with Gasteiger partial charge in [-0.05, 0) is 86.6 Å². The van der Waals surface area contributed by atoms with Crippen molar-refractivity contribution in [1.82, 2.24) is 10.6 Å². The molecule has 1 rings (SSSR count). The normalized spacial score (nSPS) is 11.8. The third-order valence-corrected chi connectivity index (χ3v) is 3.95. The molecule has 1 aromatic carbocycles. The number of nitrogens with one attached hydrogen (secondary N) is 2. The van der Waals surface area contributed by atoms with Gasteiger partial charge in [0.1, 0.15) is 0 Å². The molecule has 0 spiro atoms. The fraction of sp³-hybridized carbons (Fsp3) is 0.571. The van der Waals surface area contributed by atoms with Crippen molar-refractivity contribution in [3.05, 3.63) is 31.8 Å². The largest absolute Gasteiger partial charge is 0.313 e. The molecule has 2 N–H and O–H groups in total. The van der Waals surface area contributed by atoms with Crippen molar-refractivity contribution in [2.45, 2.75) is 39.3 Å². The van der Waals surface area contributed by atoms with Crippen molar-refractivity contribution in [3.63, 3.8) is 0 Å². The van der Waals surface area contributed by atoms with Crippen LogP contribution in [0.3, 0.4) is 0 Å². The maximum Gasteiger partial charge on any atom is 0.0220 e. The highest BCUT2D eigenvalue weighted by Crippen LogP contribution is 2.19. The van der Waals surface area contributed by atoms with Gasteiger partial charge in [-0.15, -0.1) is 0 Å². The fourth-order valence-electron chi connectivity index (χ4n) is 1.58. The number of rotatable bonds is 6. The van der Waals surface area contributed by atoms with E-state index in [1.54, 1.807) is 0 Å². The molecule has 1 aromatic rings. The van der Waals surface area contributed by atoms with Crippen LogP contribution in [0.15, 0.2) is 22.7 Å². The van der Waals surface area contributed by atoms with Gasteiger partial charge in [0, 0.05) is 20.1 Å². The van der Waals surface area contributed by atoms with Gasteiger partial charge >= 0.3 is 0 Å². The molecule has 0 bridgehead atoms. The summed E-state index contributed by atoms with van der Waals surface area (Å²) in [6.45, 7) is 9.62. The van der Waals surface area contributed by atoms with E-state index in [0.29, 0.717) is 0 Å². The first-order valence-corrected chi connectivity index (χ1v) is 8.15. The van der Waals surface area contributed by atoms with E-state index < -0.39 is 0 Å². The van der Waals surface area contributed by atoms with Gasteiger partial charge in [0.05, 0.1) is 0 Å². The number of halogens is 2. The van der Waals surface area contributed by atoms with Crippen molar-refractivity contribution in [3.8, 4) is 0 Å². The van der Waals surface area contributed by atoms with Gasteiger partial charge in [-0.3, -0.25) is 0 Å². The molecular weight excluding hydrogens is 403 g/mol. The standard InChI is InChI=1S/C14H22BrIN2/c1-14(2,3)18-8-4-7-17-10-11-9-12(16)5-6-13(11)15/h5-6,9,17-18H,4,7-8,10H2,1-3H3. The minimum atomic E-state index is 0.221. The molecule has 0 aliphatic heterocycles. The summed E-state index contributed by atoms with van der Waals surface area (Å²) in [7, 11) is 0. The first kappa shape index (κ1) is 16.4. The van der Waals surface area contributed by atoms with Crippen molar-refractivity contribution in [1.29, 1.82) is 0 Å². The van der Waals surface area contributed by atoms with E-state index in [4.69, 9.17) is 0 Å². The number of benzene rings is 1. The zero-order valence-electron chi connectivity index (χ0n) is 11.3. The molecule has 0 saturated heterocycles. The monoisotopic (exact) mass is 424 g/mol. The molecular formula is C14H22BrIN2. The molecule has 0 fully saturated rings. The van der Waals surface area contributed by atoms with Gasteiger partial charge < -0.3 is 10.6 Å². The molecule has 18 heavy (non-hydrogen) atoms. The lowest BCUT2D eigenvalue weighted by Crippen LogP contribution is -2.37. The Kier molecular flexibility index (Phi) is 7.13. The van der Waals surface area contributed by atoms with Gasteiger partial charge in [0.25, 0.3) is 0 Å². The highest BCUT2D eigenvalue weighted by atomic mass is 127. The van der Waals surface area contributed by atoms with E-state index in [9.17, 15) is 0 Å². The van der Waals surface area contributed by atoms with Crippen LogP contribution in [0.25, 0.3) is 0 Å².